The largest absolute Gasteiger partial charge is 0.496 e. The molecule has 6 nitrogen and oxygen atoms in total. The molecule has 2 aromatic carbocycles. The fourth-order valence-electron chi connectivity index (χ4n) is 2.06. The maximum absolute atomic E-state index is 11.8. The van der Waals surface area contributed by atoms with Gasteiger partial charge in [0.2, 0.25) is 0 Å². The quantitative estimate of drug-likeness (QED) is 0.800. The SMILES string of the molecule is COc1ccc(Oc2cccc(NC(=O)OC(C)(C)C)c2)cc1C=O. The summed E-state index contributed by atoms with van der Waals surface area (Å²) in [5, 5.41) is 2.65. The van der Waals surface area contributed by atoms with Crippen molar-refractivity contribution in [2.75, 3.05) is 12.4 Å². The van der Waals surface area contributed by atoms with Crippen molar-refractivity contribution in [3.05, 3.63) is 48.0 Å². The van der Waals surface area contributed by atoms with E-state index in [2.05, 4.69) is 5.32 Å². The Morgan fingerprint density at radius 2 is 1.80 bits per heavy atom. The highest BCUT2D eigenvalue weighted by Gasteiger charge is 2.16. The molecule has 0 unspecified atom stereocenters. The van der Waals surface area contributed by atoms with E-state index in [9.17, 15) is 9.59 Å². The smallest absolute Gasteiger partial charge is 0.412 e. The van der Waals surface area contributed by atoms with Crippen molar-refractivity contribution in [1.29, 1.82) is 0 Å². The van der Waals surface area contributed by atoms with Gasteiger partial charge in [0.25, 0.3) is 0 Å². The predicted molar refractivity (Wildman–Crippen MR) is 94.8 cm³/mol. The van der Waals surface area contributed by atoms with Gasteiger partial charge in [-0.05, 0) is 51.1 Å². The van der Waals surface area contributed by atoms with Crippen LogP contribution in [0.15, 0.2) is 42.5 Å². The monoisotopic (exact) mass is 343 g/mol. The number of hydrogen-bond acceptors (Lipinski definition) is 5. The number of anilines is 1. The lowest BCUT2D eigenvalue weighted by Gasteiger charge is -2.19. The van der Waals surface area contributed by atoms with Gasteiger partial charge in [-0.25, -0.2) is 4.79 Å². The summed E-state index contributed by atoms with van der Waals surface area (Å²) in [6.07, 6.45) is 0.156. The van der Waals surface area contributed by atoms with E-state index in [1.807, 2.05) is 0 Å². The average Bonchev–Trinajstić information content (AvgIpc) is 2.53. The third-order valence-electron chi connectivity index (χ3n) is 3.04. The normalized spacial score (nSPS) is 10.7. The van der Waals surface area contributed by atoms with Gasteiger partial charge in [0.05, 0.1) is 12.7 Å². The molecule has 0 aromatic heterocycles. The van der Waals surface area contributed by atoms with Crippen LogP contribution in [0, 0.1) is 0 Å². The summed E-state index contributed by atoms with van der Waals surface area (Å²) in [4.78, 5) is 22.9. The molecule has 0 aliphatic carbocycles. The molecule has 0 heterocycles. The van der Waals surface area contributed by atoms with Crippen LogP contribution >= 0.6 is 0 Å². The van der Waals surface area contributed by atoms with Gasteiger partial charge in [0.1, 0.15) is 22.8 Å². The fraction of sp³-hybridized carbons (Fsp3) is 0.263. The van der Waals surface area contributed by atoms with Crippen molar-refractivity contribution in [2.45, 2.75) is 26.4 Å². The van der Waals surface area contributed by atoms with Gasteiger partial charge in [-0.2, -0.15) is 0 Å². The Labute approximate surface area is 146 Å². The molecule has 0 bridgehead atoms. The van der Waals surface area contributed by atoms with E-state index < -0.39 is 11.7 Å². The van der Waals surface area contributed by atoms with Gasteiger partial charge >= 0.3 is 6.09 Å². The number of carbonyl (C=O) groups is 2. The van der Waals surface area contributed by atoms with Crippen LogP contribution < -0.4 is 14.8 Å². The van der Waals surface area contributed by atoms with Gasteiger partial charge in [0, 0.05) is 11.8 Å². The minimum Gasteiger partial charge on any atom is -0.496 e. The number of benzene rings is 2. The summed E-state index contributed by atoms with van der Waals surface area (Å²) in [7, 11) is 1.49. The summed E-state index contributed by atoms with van der Waals surface area (Å²) in [5.41, 5.74) is 0.353. The topological polar surface area (TPSA) is 73.9 Å². The third kappa shape index (κ3) is 5.53. The van der Waals surface area contributed by atoms with Gasteiger partial charge < -0.3 is 14.2 Å². The Morgan fingerprint density at radius 1 is 1.08 bits per heavy atom. The van der Waals surface area contributed by atoms with Crippen molar-refractivity contribution >= 4 is 18.1 Å². The van der Waals surface area contributed by atoms with E-state index >= 15 is 0 Å². The lowest BCUT2D eigenvalue weighted by molar-refractivity contribution is 0.0636. The van der Waals surface area contributed by atoms with E-state index in [1.165, 1.54) is 7.11 Å². The minimum absolute atomic E-state index is 0.392. The van der Waals surface area contributed by atoms with Gasteiger partial charge in [-0.15, -0.1) is 0 Å². The number of nitrogens with one attached hydrogen (secondary N) is 1. The Kier molecular flexibility index (Phi) is 5.64. The van der Waals surface area contributed by atoms with Crippen LogP contribution in [0.25, 0.3) is 0 Å². The number of hydrogen-bond donors (Lipinski definition) is 1. The van der Waals surface area contributed by atoms with Crippen LogP contribution in [-0.4, -0.2) is 25.1 Å². The highest BCUT2D eigenvalue weighted by Crippen LogP contribution is 2.28. The van der Waals surface area contributed by atoms with E-state index in [0.717, 1.165) is 0 Å². The molecule has 0 atom stereocenters. The van der Waals surface area contributed by atoms with Crippen LogP contribution in [0.4, 0.5) is 10.5 Å². The average molecular weight is 343 g/mol. The standard InChI is InChI=1S/C19H21NO5/c1-19(2,3)25-18(22)20-14-6-5-7-15(11-14)24-16-8-9-17(23-4)13(10-16)12-21/h5-12H,1-4H3,(H,20,22). The lowest BCUT2D eigenvalue weighted by atomic mass is 10.2. The Bertz CT molecular complexity index is 765. The summed E-state index contributed by atoms with van der Waals surface area (Å²) in [5.74, 6) is 1.47. The number of rotatable bonds is 5. The maximum atomic E-state index is 11.8. The Balaban J connectivity index is 2.11. The number of ether oxygens (including phenoxy) is 3. The molecule has 0 radical (unpaired) electrons. The molecule has 0 aliphatic heterocycles. The first-order valence-electron chi connectivity index (χ1n) is 7.72. The van der Waals surface area contributed by atoms with Crippen molar-refractivity contribution in [3.63, 3.8) is 0 Å². The predicted octanol–water partition coefficient (Wildman–Crippen LogP) is 4.65. The first kappa shape index (κ1) is 18.3. The van der Waals surface area contributed by atoms with Crippen molar-refractivity contribution in [1.82, 2.24) is 0 Å². The second-order valence-corrected chi connectivity index (χ2v) is 6.28. The number of carbonyl (C=O) groups excluding carboxylic acids is 2. The third-order valence-corrected chi connectivity index (χ3v) is 3.04. The minimum atomic E-state index is -0.577. The molecule has 0 spiro atoms. The molecular weight excluding hydrogens is 322 g/mol. The first-order valence-corrected chi connectivity index (χ1v) is 7.72. The molecule has 1 N–H and O–H groups in total. The van der Waals surface area contributed by atoms with E-state index in [1.54, 1.807) is 63.2 Å². The molecule has 0 saturated heterocycles. The molecule has 25 heavy (non-hydrogen) atoms. The zero-order chi connectivity index (χ0) is 18.4. The number of amides is 1. The van der Waals surface area contributed by atoms with Crippen LogP contribution in [-0.2, 0) is 4.74 Å². The summed E-state index contributed by atoms with van der Waals surface area (Å²) < 4.78 is 16.0. The molecular formula is C19H21NO5. The Morgan fingerprint density at radius 3 is 2.44 bits per heavy atom. The van der Waals surface area contributed by atoms with Crippen molar-refractivity contribution in [2.24, 2.45) is 0 Å². The number of methoxy groups -OCH3 is 1. The van der Waals surface area contributed by atoms with Gasteiger partial charge in [0.15, 0.2) is 6.29 Å². The van der Waals surface area contributed by atoms with E-state index in [4.69, 9.17) is 14.2 Å². The molecule has 6 heteroatoms. The van der Waals surface area contributed by atoms with E-state index in [0.29, 0.717) is 34.8 Å². The van der Waals surface area contributed by atoms with E-state index in [-0.39, 0.29) is 0 Å². The summed E-state index contributed by atoms with van der Waals surface area (Å²) in [6, 6.07) is 11.8. The van der Waals surface area contributed by atoms with Crippen LogP contribution in [0.2, 0.25) is 0 Å². The molecule has 2 rings (SSSR count). The molecule has 2 aromatic rings. The van der Waals surface area contributed by atoms with Gasteiger partial charge in [-0.1, -0.05) is 6.07 Å². The molecule has 1 amide bonds. The fourth-order valence-corrected chi connectivity index (χ4v) is 2.06. The molecule has 0 saturated carbocycles. The van der Waals surface area contributed by atoms with Crippen LogP contribution in [0.1, 0.15) is 31.1 Å². The lowest BCUT2D eigenvalue weighted by Crippen LogP contribution is -2.27. The number of aldehydes is 1. The highest BCUT2D eigenvalue weighted by atomic mass is 16.6. The van der Waals surface area contributed by atoms with Gasteiger partial charge in [-0.3, -0.25) is 10.1 Å². The zero-order valence-electron chi connectivity index (χ0n) is 14.7. The second-order valence-electron chi connectivity index (χ2n) is 6.28. The van der Waals surface area contributed by atoms with Crippen LogP contribution in [0.5, 0.6) is 17.2 Å². The molecule has 132 valence electrons. The second kappa shape index (κ2) is 7.70. The van der Waals surface area contributed by atoms with Crippen LogP contribution in [0.3, 0.4) is 0 Å². The van der Waals surface area contributed by atoms with Crippen molar-refractivity contribution in [3.8, 4) is 17.2 Å². The summed E-state index contributed by atoms with van der Waals surface area (Å²) in [6.45, 7) is 5.38. The zero-order valence-corrected chi connectivity index (χ0v) is 14.7. The van der Waals surface area contributed by atoms with Crippen molar-refractivity contribution < 1.29 is 23.8 Å². The first-order chi connectivity index (χ1) is 11.8. The molecule has 0 fully saturated rings. The maximum Gasteiger partial charge on any atom is 0.412 e. The Hall–Kier alpha value is -3.02. The molecule has 0 aliphatic rings. The summed E-state index contributed by atoms with van der Waals surface area (Å²) >= 11 is 0. The highest BCUT2D eigenvalue weighted by molar-refractivity contribution is 5.85.